The van der Waals surface area contributed by atoms with Crippen LogP contribution in [0.5, 0.6) is 0 Å². The number of aromatic nitrogens is 3. The number of pyridine rings is 1. The third-order valence-corrected chi connectivity index (χ3v) is 5.86. The molecule has 1 aliphatic rings. The molecule has 0 bridgehead atoms. The van der Waals surface area contributed by atoms with Crippen molar-refractivity contribution in [3.63, 3.8) is 0 Å². The van der Waals surface area contributed by atoms with Crippen LogP contribution in [0.4, 0.5) is 33.7 Å². The van der Waals surface area contributed by atoms with E-state index in [1.54, 1.807) is 18.7 Å². The van der Waals surface area contributed by atoms with Crippen LogP contribution in [0.25, 0.3) is 11.0 Å². The van der Waals surface area contributed by atoms with Crippen molar-refractivity contribution in [1.82, 2.24) is 25.0 Å². The second kappa shape index (κ2) is 10.7. The summed E-state index contributed by atoms with van der Waals surface area (Å²) < 4.78 is 59.4. The molecule has 0 aliphatic carbocycles. The van der Waals surface area contributed by atoms with Gasteiger partial charge in [-0.2, -0.15) is 18.3 Å². The second-order valence-electron chi connectivity index (χ2n) is 8.44. The number of nitrogens with one attached hydrogen (secondary N) is 3. The van der Waals surface area contributed by atoms with Crippen LogP contribution in [0.15, 0.2) is 24.4 Å². The average molecular weight is 523 g/mol. The number of alkyl halides is 3. The largest absolute Gasteiger partial charge is 0.419 e. The lowest BCUT2D eigenvalue weighted by molar-refractivity contribution is -0.139. The van der Waals surface area contributed by atoms with Crippen molar-refractivity contribution in [2.24, 2.45) is 7.05 Å². The van der Waals surface area contributed by atoms with E-state index in [1.165, 1.54) is 6.20 Å². The topological polar surface area (TPSA) is 113 Å². The minimum absolute atomic E-state index is 0.0517. The Bertz CT molecular complexity index is 1320. The van der Waals surface area contributed by atoms with Crippen LogP contribution in [0.2, 0.25) is 0 Å². The van der Waals surface area contributed by atoms with E-state index < -0.39 is 29.5 Å². The minimum Gasteiger partial charge on any atom is -0.382 e. The van der Waals surface area contributed by atoms with Gasteiger partial charge < -0.3 is 15.4 Å². The molecule has 3 amide bonds. The molecule has 0 spiro atoms. The lowest BCUT2D eigenvalue weighted by Crippen LogP contribution is -2.39. The highest BCUT2D eigenvalue weighted by molar-refractivity contribution is 6.13. The minimum atomic E-state index is -4.95. The van der Waals surface area contributed by atoms with E-state index >= 15 is 0 Å². The van der Waals surface area contributed by atoms with Gasteiger partial charge in [0.2, 0.25) is 0 Å². The SMILES string of the molecule is Cc1nn(C)c2ncc(C(=O)NC(=O)Nc3ccc(F)c(C(F)(F)F)c3)c(NCCN3CCOCC3)c12. The Morgan fingerprint density at radius 3 is 2.62 bits per heavy atom. The zero-order valence-corrected chi connectivity index (χ0v) is 20.1. The monoisotopic (exact) mass is 523 g/mol. The standard InChI is InChI=1S/C23H25F4N7O3/c1-13-18-19(28-5-6-34-7-9-37-10-8-34)15(12-29-20(18)33(2)32-13)21(35)31-22(36)30-14-3-4-17(24)16(11-14)23(25,26)27/h3-4,11-12H,5-10H2,1-2H3,(H,28,29)(H2,30,31,35,36). The first kappa shape index (κ1) is 26.3. The van der Waals surface area contributed by atoms with Gasteiger partial charge in [0.05, 0.1) is 41.1 Å². The molecule has 2 aromatic heterocycles. The summed E-state index contributed by atoms with van der Waals surface area (Å²) in [6, 6.07) is 0.900. The number of carbonyl (C=O) groups excluding carboxylic acids is 2. The van der Waals surface area contributed by atoms with Crippen molar-refractivity contribution in [3.05, 3.63) is 47.0 Å². The molecule has 0 radical (unpaired) electrons. The number of aryl methyl sites for hydroxylation is 2. The molecular weight excluding hydrogens is 498 g/mol. The molecule has 198 valence electrons. The molecule has 3 heterocycles. The van der Waals surface area contributed by atoms with E-state index in [0.717, 1.165) is 19.2 Å². The molecule has 3 aromatic rings. The van der Waals surface area contributed by atoms with Gasteiger partial charge >= 0.3 is 12.2 Å². The molecule has 1 aliphatic heterocycles. The van der Waals surface area contributed by atoms with Gasteiger partial charge in [-0.25, -0.2) is 14.2 Å². The van der Waals surface area contributed by atoms with Gasteiger partial charge in [0.25, 0.3) is 5.91 Å². The van der Waals surface area contributed by atoms with Crippen LogP contribution in [0, 0.1) is 12.7 Å². The van der Waals surface area contributed by atoms with Crippen molar-refractivity contribution >= 4 is 34.3 Å². The Kier molecular flexibility index (Phi) is 7.59. The summed E-state index contributed by atoms with van der Waals surface area (Å²) in [6.45, 7) is 5.78. The lowest BCUT2D eigenvalue weighted by atomic mass is 10.1. The van der Waals surface area contributed by atoms with Crippen LogP contribution in [0.3, 0.4) is 0 Å². The number of amides is 3. The van der Waals surface area contributed by atoms with Crippen LogP contribution in [-0.4, -0.2) is 71.0 Å². The number of hydrogen-bond donors (Lipinski definition) is 3. The van der Waals surface area contributed by atoms with Gasteiger partial charge in [0.15, 0.2) is 5.65 Å². The Hall–Kier alpha value is -3.78. The van der Waals surface area contributed by atoms with Crippen molar-refractivity contribution in [3.8, 4) is 0 Å². The summed E-state index contributed by atoms with van der Waals surface area (Å²) >= 11 is 0. The van der Waals surface area contributed by atoms with Gasteiger partial charge in [0.1, 0.15) is 5.82 Å². The quantitative estimate of drug-likeness (QED) is 0.426. The maximum absolute atomic E-state index is 13.5. The zero-order valence-electron chi connectivity index (χ0n) is 20.1. The summed E-state index contributed by atoms with van der Waals surface area (Å²) in [5, 5.41) is 12.4. The van der Waals surface area contributed by atoms with Gasteiger partial charge in [-0.15, -0.1) is 0 Å². The molecule has 1 fully saturated rings. The number of morpholine rings is 1. The molecule has 1 saturated heterocycles. The van der Waals surface area contributed by atoms with E-state index in [2.05, 4.69) is 30.9 Å². The fraction of sp³-hybridized carbons (Fsp3) is 0.391. The van der Waals surface area contributed by atoms with Gasteiger partial charge in [-0.1, -0.05) is 0 Å². The van der Waals surface area contributed by atoms with E-state index in [4.69, 9.17) is 4.74 Å². The number of carbonyl (C=O) groups is 2. The average Bonchev–Trinajstić information content (AvgIpc) is 3.13. The second-order valence-corrected chi connectivity index (χ2v) is 8.44. The van der Waals surface area contributed by atoms with Crippen molar-refractivity contribution in [1.29, 1.82) is 0 Å². The van der Waals surface area contributed by atoms with E-state index in [-0.39, 0.29) is 11.3 Å². The summed E-state index contributed by atoms with van der Waals surface area (Å²) in [6.07, 6.45) is -3.65. The van der Waals surface area contributed by atoms with Crippen LogP contribution >= 0.6 is 0 Å². The van der Waals surface area contributed by atoms with Crippen molar-refractivity contribution < 1.29 is 31.9 Å². The molecule has 4 rings (SSSR count). The third kappa shape index (κ3) is 5.97. The maximum Gasteiger partial charge on any atom is 0.419 e. The molecule has 3 N–H and O–H groups in total. The first-order valence-electron chi connectivity index (χ1n) is 11.4. The molecule has 0 saturated carbocycles. The van der Waals surface area contributed by atoms with Crippen LogP contribution in [-0.2, 0) is 18.0 Å². The Balaban J connectivity index is 1.53. The molecule has 37 heavy (non-hydrogen) atoms. The molecule has 0 unspecified atom stereocenters. The molecule has 1 aromatic carbocycles. The number of nitrogens with zero attached hydrogens (tertiary/aromatic N) is 4. The number of halogens is 4. The van der Waals surface area contributed by atoms with Crippen molar-refractivity contribution in [2.45, 2.75) is 13.1 Å². The van der Waals surface area contributed by atoms with E-state index in [0.29, 0.717) is 60.9 Å². The Morgan fingerprint density at radius 1 is 1.19 bits per heavy atom. The highest BCUT2D eigenvalue weighted by Gasteiger charge is 2.34. The summed E-state index contributed by atoms with van der Waals surface area (Å²) in [5.74, 6) is -2.31. The van der Waals surface area contributed by atoms with Crippen LogP contribution < -0.4 is 16.0 Å². The van der Waals surface area contributed by atoms with E-state index in [1.807, 2.05) is 0 Å². The Morgan fingerprint density at radius 2 is 1.92 bits per heavy atom. The first-order chi connectivity index (χ1) is 17.5. The number of imide groups is 1. The van der Waals surface area contributed by atoms with Gasteiger partial charge in [-0.05, 0) is 25.1 Å². The molecule has 14 heteroatoms. The van der Waals surface area contributed by atoms with E-state index in [9.17, 15) is 27.2 Å². The highest BCUT2D eigenvalue weighted by Crippen LogP contribution is 2.33. The number of ether oxygens (including phenoxy) is 1. The predicted octanol–water partition coefficient (Wildman–Crippen LogP) is 3.14. The molecular formula is C23H25F4N7O3. The fourth-order valence-electron chi connectivity index (χ4n) is 4.08. The number of anilines is 2. The highest BCUT2D eigenvalue weighted by atomic mass is 19.4. The summed E-state index contributed by atoms with van der Waals surface area (Å²) in [4.78, 5) is 31.9. The maximum atomic E-state index is 13.5. The molecule has 10 nitrogen and oxygen atoms in total. The first-order valence-corrected chi connectivity index (χ1v) is 11.4. The van der Waals surface area contributed by atoms with Crippen LogP contribution in [0.1, 0.15) is 21.6 Å². The van der Waals surface area contributed by atoms with Gasteiger partial charge in [-0.3, -0.25) is 19.7 Å². The normalized spacial score (nSPS) is 14.5. The third-order valence-electron chi connectivity index (χ3n) is 5.86. The summed E-state index contributed by atoms with van der Waals surface area (Å²) in [5.41, 5.74) is -0.252. The predicted molar refractivity (Wildman–Crippen MR) is 127 cm³/mol. The number of fused-ring (bicyclic) bond motifs is 1. The number of hydrogen-bond acceptors (Lipinski definition) is 7. The molecule has 0 atom stereocenters. The van der Waals surface area contributed by atoms with Gasteiger partial charge in [0, 0.05) is 45.1 Å². The number of benzene rings is 1. The van der Waals surface area contributed by atoms with Crippen molar-refractivity contribution in [2.75, 3.05) is 50.0 Å². The Labute approximate surface area is 209 Å². The zero-order chi connectivity index (χ0) is 26.7. The fourth-order valence-corrected chi connectivity index (χ4v) is 4.08. The summed E-state index contributed by atoms with van der Waals surface area (Å²) in [7, 11) is 1.71. The number of rotatable bonds is 6. The smallest absolute Gasteiger partial charge is 0.382 e. The number of urea groups is 1. The lowest BCUT2D eigenvalue weighted by Gasteiger charge is -2.26.